The second kappa shape index (κ2) is 14.0. The molecule has 4 nitrogen and oxygen atoms in total. The van der Waals surface area contributed by atoms with Gasteiger partial charge in [0.15, 0.2) is 0 Å². The number of Topliss-reactive ketones (excluding diaryl/α,β-unsaturated/α-hetero) is 1. The van der Waals surface area contributed by atoms with Gasteiger partial charge in [-0.3, -0.25) is 4.79 Å². The lowest BCUT2D eigenvalue weighted by molar-refractivity contribution is -0.120. The summed E-state index contributed by atoms with van der Waals surface area (Å²) in [6.07, 6.45) is 10.3. The Morgan fingerprint density at radius 3 is 2.05 bits per heavy atom. The molecule has 0 radical (unpaired) electrons. The number of carbonyl (C=O) groups excluding carboxylic acids is 1. The molecule has 0 aliphatic carbocycles. The van der Waals surface area contributed by atoms with Crippen LogP contribution in [0.4, 0.5) is 0 Å². The molecule has 0 saturated heterocycles. The molecule has 1 atom stereocenters. The normalized spacial score (nSPS) is 12.6. The van der Waals surface area contributed by atoms with Gasteiger partial charge in [-0.15, -0.1) is 0 Å². The highest BCUT2D eigenvalue weighted by Crippen LogP contribution is 2.09. The van der Waals surface area contributed by atoms with Crippen molar-refractivity contribution in [2.45, 2.75) is 70.8 Å². The quantitative estimate of drug-likeness (QED) is 0.422. The van der Waals surface area contributed by atoms with Crippen LogP contribution >= 0.6 is 0 Å². The summed E-state index contributed by atoms with van der Waals surface area (Å²) < 4.78 is 0. The van der Waals surface area contributed by atoms with Gasteiger partial charge in [0, 0.05) is 6.42 Å². The second-order valence-corrected chi connectivity index (χ2v) is 5.37. The number of rotatable bonds is 14. The van der Waals surface area contributed by atoms with Crippen LogP contribution in [-0.2, 0) is 4.79 Å². The Labute approximate surface area is 118 Å². The lowest BCUT2D eigenvalue weighted by Crippen LogP contribution is -2.26. The topological polar surface area (TPSA) is 81.1 Å². The first kappa shape index (κ1) is 18.6. The summed E-state index contributed by atoms with van der Waals surface area (Å²) >= 11 is 0. The average molecular weight is 271 g/mol. The zero-order chi connectivity index (χ0) is 14.3. The predicted molar refractivity (Wildman–Crippen MR) is 82.1 cm³/mol. The van der Waals surface area contributed by atoms with Crippen molar-refractivity contribution >= 4 is 5.78 Å². The third-order valence-electron chi connectivity index (χ3n) is 3.34. The lowest BCUT2D eigenvalue weighted by atomic mass is 10.0. The number of carbonyl (C=O) groups is 1. The highest BCUT2D eigenvalue weighted by atomic mass is 16.1. The first-order valence-corrected chi connectivity index (χ1v) is 7.87. The first-order chi connectivity index (χ1) is 9.18. The Balaban J connectivity index is 3.05. The highest BCUT2D eigenvalue weighted by molar-refractivity contribution is 5.83. The van der Waals surface area contributed by atoms with E-state index < -0.39 is 0 Å². The van der Waals surface area contributed by atoms with E-state index in [0.29, 0.717) is 6.42 Å². The van der Waals surface area contributed by atoms with Crippen LogP contribution in [0.2, 0.25) is 0 Å². The molecule has 0 aromatic heterocycles. The number of hydrogen-bond acceptors (Lipinski definition) is 4. The molecular weight excluding hydrogens is 238 g/mol. The summed E-state index contributed by atoms with van der Waals surface area (Å²) in [7, 11) is 0. The van der Waals surface area contributed by atoms with Gasteiger partial charge in [-0.25, -0.2) is 0 Å². The molecule has 0 spiro atoms. The molecule has 19 heavy (non-hydrogen) atoms. The second-order valence-electron chi connectivity index (χ2n) is 5.37. The van der Waals surface area contributed by atoms with Crippen molar-refractivity contribution in [1.29, 1.82) is 0 Å². The Bertz CT molecular complexity index is 208. The van der Waals surface area contributed by atoms with Crippen molar-refractivity contribution in [3.63, 3.8) is 0 Å². The van der Waals surface area contributed by atoms with Crippen LogP contribution < -0.4 is 16.8 Å². The van der Waals surface area contributed by atoms with Gasteiger partial charge in [-0.05, 0) is 45.8 Å². The summed E-state index contributed by atoms with van der Waals surface area (Å²) in [5.74, 6) is 0.198. The summed E-state index contributed by atoms with van der Waals surface area (Å²) in [4.78, 5) is 11.3. The van der Waals surface area contributed by atoms with Gasteiger partial charge < -0.3 is 16.8 Å². The van der Waals surface area contributed by atoms with Crippen molar-refractivity contribution < 1.29 is 4.79 Å². The third kappa shape index (κ3) is 13.8. The van der Waals surface area contributed by atoms with Gasteiger partial charge in [-0.1, -0.05) is 32.1 Å². The van der Waals surface area contributed by atoms with Crippen LogP contribution in [0.3, 0.4) is 0 Å². The van der Waals surface area contributed by atoms with Crippen LogP contribution in [0.15, 0.2) is 0 Å². The molecule has 0 rings (SSSR count). The maximum absolute atomic E-state index is 11.3. The van der Waals surface area contributed by atoms with E-state index in [9.17, 15) is 4.79 Å². The number of ketones is 1. The van der Waals surface area contributed by atoms with Gasteiger partial charge in [0.25, 0.3) is 0 Å². The Morgan fingerprint density at radius 2 is 1.47 bits per heavy atom. The smallest absolute Gasteiger partial charge is 0.149 e. The van der Waals surface area contributed by atoms with Crippen molar-refractivity contribution in [2.75, 3.05) is 19.6 Å². The van der Waals surface area contributed by atoms with E-state index in [2.05, 4.69) is 5.32 Å². The summed E-state index contributed by atoms with van der Waals surface area (Å²) in [5.41, 5.74) is 10.9. The summed E-state index contributed by atoms with van der Waals surface area (Å²) in [6.45, 7) is 4.70. The monoisotopic (exact) mass is 271 g/mol. The number of nitrogens with two attached hydrogens (primary N) is 2. The van der Waals surface area contributed by atoms with E-state index in [-0.39, 0.29) is 11.8 Å². The van der Waals surface area contributed by atoms with E-state index in [0.717, 1.165) is 38.9 Å². The highest BCUT2D eigenvalue weighted by Gasteiger charge is 2.05. The standard InChI is InChI=1S/C15H33N3O/c1-14(17)15(19)10-7-5-3-2-4-6-8-12-18-13-9-11-16/h14,18H,2-13,16-17H2,1H3/t14-/m1/s1. The van der Waals surface area contributed by atoms with E-state index in [4.69, 9.17) is 11.5 Å². The first-order valence-electron chi connectivity index (χ1n) is 7.87. The van der Waals surface area contributed by atoms with Gasteiger partial charge in [0.05, 0.1) is 6.04 Å². The average Bonchev–Trinajstić information content (AvgIpc) is 2.39. The van der Waals surface area contributed by atoms with E-state index in [1.54, 1.807) is 6.92 Å². The Morgan fingerprint density at radius 1 is 0.947 bits per heavy atom. The predicted octanol–water partition coefficient (Wildman–Crippen LogP) is 1.96. The molecule has 0 aliphatic rings. The molecular formula is C15H33N3O. The molecule has 0 bridgehead atoms. The number of unbranched alkanes of at least 4 members (excludes halogenated alkanes) is 6. The maximum Gasteiger partial charge on any atom is 0.149 e. The molecule has 114 valence electrons. The van der Waals surface area contributed by atoms with Gasteiger partial charge in [0.1, 0.15) is 5.78 Å². The number of hydrogen-bond donors (Lipinski definition) is 3. The van der Waals surface area contributed by atoms with E-state index in [1.807, 2.05) is 0 Å². The van der Waals surface area contributed by atoms with Crippen molar-refractivity contribution in [1.82, 2.24) is 5.32 Å². The zero-order valence-corrected chi connectivity index (χ0v) is 12.6. The SMILES string of the molecule is C[C@@H](N)C(=O)CCCCCCCCCNCCCN. The minimum Gasteiger partial charge on any atom is -0.330 e. The Hall–Kier alpha value is -0.450. The van der Waals surface area contributed by atoms with Crippen molar-refractivity contribution in [3.05, 3.63) is 0 Å². The lowest BCUT2D eigenvalue weighted by Gasteiger charge is -2.05. The van der Waals surface area contributed by atoms with E-state index in [1.165, 1.54) is 32.1 Å². The molecule has 0 amide bonds. The van der Waals surface area contributed by atoms with Crippen LogP contribution in [-0.4, -0.2) is 31.5 Å². The molecule has 0 unspecified atom stereocenters. The van der Waals surface area contributed by atoms with Gasteiger partial charge in [-0.2, -0.15) is 0 Å². The Kier molecular flexibility index (Phi) is 13.6. The minimum absolute atomic E-state index is 0.198. The van der Waals surface area contributed by atoms with Crippen molar-refractivity contribution in [2.24, 2.45) is 11.5 Å². The van der Waals surface area contributed by atoms with E-state index >= 15 is 0 Å². The fourth-order valence-corrected chi connectivity index (χ4v) is 2.01. The van der Waals surface area contributed by atoms with Crippen molar-refractivity contribution in [3.8, 4) is 0 Å². The van der Waals surface area contributed by atoms with Crippen LogP contribution in [0.1, 0.15) is 64.7 Å². The maximum atomic E-state index is 11.3. The van der Waals surface area contributed by atoms with Crippen LogP contribution in [0.25, 0.3) is 0 Å². The molecule has 0 saturated carbocycles. The minimum atomic E-state index is -0.285. The molecule has 5 N–H and O–H groups in total. The summed E-state index contributed by atoms with van der Waals surface area (Å²) in [5, 5.41) is 3.39. The van der Waals surface area contributed by atoms with Crippen LogP contribution in [0, 0.1) is 0 Å². The largest absolute Gasteiger partial charge is 0.330 e. The number of nitrogens with one attached hydrogen (secondary N) is 1. The molecule has 0 aliphatic heterocycles. The molecule has 0 fully saturated rings. The van der Waals surface area contributed by atoms with Crippen LogP contribution in [0.5, 0.6) is 0 Å². The van der Waals surface area contributed by atoms with Gasteiger partial charge in [0.2, 0.25) is 0 Å². The van der Waals surface area contributed by atoms with Gasteiger partial charge >= 0.3 is 0 Å². The molecule has 0 heterocycles. The molecule has 4 heteroatoms. The molecule has 0 aromatic carbocycles. The third-order valence-corrected chi connectivity index (χ3v) is 3.34. The fraction of sp³-hybridized carbons (Fsp3) is 0.933. The summed E-state index contributed by atoms with van der Waals surface area (Å²) in [6, 6.07) is -0.285. The fourth-order valence-electron chi connectivity index (χ4n) is 2.01. The zero-order valence-electron chi connectivity index (χ0n) is 12.6. The molecule has 0 aromatic rings.